The van der Waals surface area contributed by atoms with Crippen LogP contribution >= 0.6 is 15.9 Å². The quantitative estimate of drug-likeness (QED) is 0.737. The zero-order valence-corrected chi connectivity index (χ0v) is 11.8. The van der Waals surface area contributed by atoms with Gasteiger partial charge in [-0.3, -0.25) is 9.67 Å². The molecule has 19 heavy (non-hydrogen) atoms. The smallest absolute Gasteiger partial charge is 0.0924 e. The van der Waals surface area contributed by atoms with Gasteiger partial charge < -0.3 is 0 Å². The largest absolute Gasteiger partial charge is 0.268 e. The van der Waals surface area contributed by atoms with Gasteiger partial charge in [-0.2, -0.15) is 5.10 Å². The average Bonchev–Trinajstić information content (AvgIpc) is 2.88. The second kappa shape index (κ2) is 5.36. The summed E-state index contributed by atoms with van der Waals surface area (Å²) in [5.74, 6) is 0. The summed E-state index contributed by atoms with van der Waals surface area (Å²) < 4.78 is 3.03. The van der Waals surface area contributed by atoms with Crippen LogP contribution in [0.2, 0.25) is 0 Å². The molecule has 0 spiro atoms. The maximum atomic E-state index is 4.58. The van der Waals surface area contributed by atoms with E-state index >= 15 is 0 Å². The summed E-state index contributed by atoms with van der Waals surface area (Å²) in [4.78, 5) is 4.02. The van der Waals surface area contributed by atoms with E-state index in [0.717, 1.165) is 22.3 Å². The lowest BCUT2D eigenvalue weighted by Gasteiger charge is -2.02. The molecule has 0 radical (unpaired) electrons. The molecule has 0 unspecified atom stereocenters. The van der Waals surface area contributed by atoms with Crippen LogP contribution in [0.25, 0.3) is 11.3 Å². The van der Waals surface area contributed by atoms with E-state index in [2.05, 4.69) is 38.1 Å². The highest BCUT2D eigenvalue weighted by atomic mass is 79.9. The van der Waals surface area contributed by atoms with E-state index < -0.39 is 0 Å². The van der Waals surface area contributed by atoms with Crippen LogP contribution in [0, 0.1) is 0 Å². The number of pyridine rings is 1. The molecule has 1 aromatic carbocycles. The molecule has 2 aromatic heterocycles. The molecule has 0 atom stereocenters. The molecular formula is C15H12BrN3. The maximum Gasteiger partial charge on any atom is 0.0924 e. The lowest BCUT2D eigenvalue weighted by atomic mass is 10.2. The fraction of sp³-hybridized carbons (Fsp3) is 0.0667. The van der Waals surface area contributed by atoms with Crippen LogP contribution < -0.4 is 0 Å². The predicted molar refractivity (Wildman–Crippen MR) is 78.7 cm³/mol. The molecular weight excluding hydrogens is 302 g/mol. The van der Waals surface area contributed by atoms with Gasteiger partial charge in [0.2, 0.25) is 0 Å². The van der Waals surface area contributed by atoms with Gasteiger partial charge in [-0.25, -0.2) is 0 Å². The summed E-state index contributed by atoms with van der Waals surface area (Å²) in [6, 6.07) is 14.2. The van der Waals surface area contributed by atoms with Crippen LogP contribution in [-0.4, -0.2) is 14.8 Å². The van der Waals surface area contributed by atoms with E-state index in [4.69, 9.17) is 0 Å². The van der Waals surface area contributed by atoms with Crippen molar-refractivity contribution in [1.82, 2.24) is 14.8 Å². The lowest BCUT2D eigenvalue weighted by Crippen LogP contribution is -2.00. The standard InChI is InChI=1S/C15H12BrN3/c16-14-3-1-2-12(10-14)11-19-9-6-15(18-19)13-4-7-17-8-5-13/h1-10H,11H2. The van der Waals surface area contributed by atoms with Gasteiger partial charge in [0.15, 0.2) is 0 Å². The first-order chi connectivity index (χ1) is 9.31. The molecule has 0 N–H and O–H groups in total. The summed E-state index contributed by atoms with van der Waals surface area (Å²) in [5.41, 5.74) is 3.28. The minimum absolute atomic E-state index is 0.768. The van der Waals surface area contributed by atoms with Crippen molar-refractivity contribution in [2.45, 2.75) is 6.54 Å². The molecule has 4 heteroatoms. The van der Waals surface area contributed by atoms with Crippen LogP contribution in [0.3, 0.4) is 0 Å². The van der Waals surface area contributed by atoms with Crippen LogP contribution in [0.4, 0.5) is 0 Å². The zero-order chi connectivity index (χ0) is 13.1. The molecule has 3 aromatic rings. The summed E-state index contributed by atoms with van der Waals surface area (Å²) in [5, 5.41) is 4.58. The van der Waals surface area contributed by atoms with Crippen molar-refractivity contribution in [2.75, 3.05) is 0 Å². The highest BCUT2D eigenvalue weighted by molar-refractivity contribution is 9.10. The molecule has 3 rings (SSSR count). The third kappa shape index (κ3) is 2.90. The highest BCUT2D eigenvalue weighted by Gasteiger charge is 2.02. The summed E-state index contributed by atoms with van der Waals surface area (Å²) in [6.45, 7) is 0.768. The van der Waals surface area contributed by atoms with Crippen molar-refractivity contribution in [3.05, 3.63) is 71.1 Å². The Morgan fingerprint density at radius 1 is 1.05 bits per heavy atom. The van der Waals surface area contributed by atoms with E-state index in [1.165, 1.54) is 5.56 Å². The van der Waals surface area contributed by atoms with Gasteiger partial charge in [0.1, 0.15) is 0 Å². The summed E-state index contributed by atoms with van der Waals surface area (Å²) in [6.07, 6.45) is 5.56. The molecule has 0 aliphatic heterocycles. The van der Waals surface area contributed by atoms with Crippen molar-refractivity contribution >= 4 is 15.9 Å². The third-order valence-electron chi connectivity index (χ3n) is 2.85. The Labute approximate surface area is 120 Å². The molecule has 0 saturated carbocycles. The van der Waals surface area contributed by atoms with E-state index in [0.29, 0.717) is 0 Å². The van der Waals surface area contributed by atoms with Gasteiger partial charge in [0.25, 0.3) is 0 Å². The van der Waals surface area contributed by atoms with E-state index in [-0.39, 0.29) is 0 Å². The van der Waals surface area contributed by atoms with Crippen molar-refractivity contribution in [3.8, 4) is 11.3 Å². The van der Waals surface area contributed by atoms with E-state index in [1.807, 2.05) is 41.2 Å². The predicted octanol–water partition coefficient (Wildman–Crippen LogP) is 3.76. The van der Waals surface area contributed by atoms with Gasteiger partial charge in [0, 0.05) is 28.6 Å². The van der Waals surface area contributed by atoms with Crippen molar-refractivity contribution in [2.24, 2.45) is 0 Å². The number of benzene rings is 1. The third-order valence-corrected chi connectivity index (χ3v) is 3.34. The molecule has 2 heterocycles. The van der Waals surface area contributed by atoms with Crippen LogP contribution in [0.1, 0.15) is 5.56 Å². The number of rotatable bonds is 3. The monoisotopic (exact) mass is 313 g/mol. The topological polar surface area (TPSA) is 30.7 Å². The molecule has 0 bridgehead atoms. The van der Waals surface area contributed by atoms with Crippen molar-refractivity contribution < 1.29 is 0 Å². The molecule has 94 valence electrons. The minimum Gasteiger partial charge on any atom is -0.268 e. The van der Waals surface area contributed by atoms with E-state index in [9.17, 15) is 0 Å². The fourth-order valence-electron chi connectivity index (χ4n) is 1.95. The van der Waals surface area contributed by atoms with Crippen LogP contribution in [0.5, 0.6) is 0 Å². The minimum atomic E-state index is 0.768. The number of aromatic nitrogens is 3. The molecule has 0 amide bonds. The second-order valence-corrected chi connectivity index (χ2v) is 5.18. The van der Waals surface area contributed by atoms with Gasteiger partial charge in [-0.1, -0.05) is 28.1 Å². The molecule has 0 saturated heterocycles. The van der Waals surface area contributed by atoms with Gasteiger partial charge >= 0.3 is 0 Å². The van der Waals surface area contributed by atoms with Gasteiger partial charge in [-0.15, -0.1) is 0 Å². The van der Waals surface area contributed by atoms with Crippen molar-refractivity contribution in [1.29, 1.82) is 0 Å². The first-order valence-corrected chi connectivity index (χ1v) is 6.79. The average molecular weight is 314 g/mol. The fourth-order valence-corrected chi connectivity index (χ4v) is 2.40. The first kappa shape index (κ1) is 12.1. The normalized spacial score (nSPS) is 10.6. The first-order valence-electron chi connectivity index (χ1n) is 5.99. The SMILES string of the molecule is Brc1cccc(Cn2ccc(-c3ccncc3)n2)c1. The number of hydrogen-bond donors (Lipinski definition) is 0. The van der Waals surface area contributed by atoms with Gasteiger partial charge in [-0.05, 0) is 35.9 Å². The Bertz CT molecular complexity index is 677. The van der Waals surface area contributed by atoms with Crippen LogP contribution in [0.15, 0.2) is 65.5 Å². The summed E-state index contributed by atoms with van der Waals surface area (Å²) >= 11 is 3.48. The number of hydrogen-bond acceptors (Lipinski definition) is 2. The Hall–Kier alpha value is -1.94. The highest BCUT2D eigenvalue weighted by Crippen LogP contribution is 2.17. The Morgan fingerprint density at radius 2 is 1.89 bits per heavy atom. The van der Waals surface area contributed by atoms with Crippen LogP contribution in [-0.2, 0) is 6.54 Å². The molecule has 0 aliphatic rings. The molecule has 0 fully saturated rings. The molecule has 0 aliphatic carbocycles. The Morgan fingerprint density at radius 3 is 2.68 bits per heavy atom. The van der Waals surface area contributed by atoms with E-state index in [1.54, 1.807) is 12.4 Å². The zero-order valence-electron chi connectivity index (χ0n) is 10.2. The molecule has 3 nitrogen and oxygen atoms in total. The van der Waals surface area contributed by atoms with Gasteiger partial charge in [0.05, 0.1) is 12.2 Å². The maximum absolute atomic E-state index is 4.58. The summed E-state index contributed by atoms with van der Waals surface area (Å²) in [7, 11) is 0. The van der Waals surface area contributed by atoms with Crippen molar-refractivity contribution in [3.63, 3.8) is 0 Å². The lowest BCUT2D eigenvalue weighted by molar-refractivity contribution is 0.689. The Kier molecular flexibility index (Phi) is 3.42. The number of halogens is 1. The Balaban J connectivity index is 1.82. The second-order valence-electron chi connectivity index (χ2n) is 4.26. The number of nitrogens with zero attached hydrogens (tertiary/aromatic N) is 3.